The standard InChI is InChI=1S/C17H13BrN2O3S/c1-9-5-6-24-14(9)8-12-15(21)19-17(23)20(16(12)22)11-3-4-13(18)10(2)7-11/h3-8H,1-2H3,(H,19,21,23)/b12-8-. The van der Waals surface area contributed by atoms with Crippen LogP contribution in [0.2, 0.25) is 0 Å². The van der Waals surface area contributed by atoms with E-state index in [1.807, 2.05) is 25.3 Å². The predicted octanol–water partition coefficient (Wildman–Crippen LogP) is 3.79. The Balaban J connectivity index is 2.04. The second kappa shape index (κ2) is 6.33. The Morgan fingerprint density at radius 3 is 2.50 bits per heavy atom. The van der Waals surface area contributed by atoms with Gasteiger partial charge >= 0.3 is 6.03 Å². The molecule has 0 atom stereocenters. The fourth-order valence-electron chi connectivity index (χ4n) is 2.32. The van der Waals surface area contributed by atoms with Crippen LogP contribution in [-0.2, 0) is 9.59 Å². The molecule has 1 aromatic carbocycles. The van der Waals surface area contributed by atoms with E-state index in [4.69, 9.17) is 0 Å². The lowest BCUT2D eigenvalue weighted by Crippen LogP contribution is -2.54. The topological polar surface area (TPSA) is 66.5 Å². The molecule has 0 radical (unpaired) electrons. The third kappa shape index (κ3) is 2.92. The molecule has 122 valence electrons. The normalized spacial score (nSPS) is 16.7. The molecule has 4 amide bonds. The van der Waals surface area contributed by atoms with Crippen LogP contribution in [-0.4, -0.2) is 17.8 Å². The molecule has 2 aromatic rings. The maximum absolute atomic E-state index is 12.7. The van der Waals surface area contributed by atoms with Crippen molar-refractivity contribution >= 4 is 56.9 Å². The van der Waals surface area contributed by atoms with E-state index in [-0.39, 0.29) is 5.57 Å². The summed E-state index contributed by atoms with van der Waals surface area (Å²) in [6, 6.07) is 6.29. The van der Waals surface area contributed by atoms with E-state index in [2.05, 4.69) is 21.2 Å². The van der Waals surface area contributed by atoms with E-state index >= 15 is 0 Å². The first kappa shape index (κ1) is 16.6. The number of aryl methyl sites for hydroxylation is 2. The van der Waals surface area contributed by atoms with Gasteiger partial charge in [0.15, 0.2) is 0 Å². The average Bonchev–Trinajstić information content (AvgIpc) is 2.92. The highest BCUT2D eigenvalue weighted by Crippen LogP contribution is 2.27. The van der Waals surface area contributed by atoms with Gasteiger partial charge in [0.25, 0.3) is 11.8 Å². The zero-order valence-electron chi connectivity index (χ0n) is 12.9. The third-order valence-electron chi connectivity index (χ3n) is 3.68. The van der Waals surface area contributed by atoms with Crippen LogP contribution in [0.1, 0.15) is 16.0 Å². The van der Waals surface area contributed by atoms with Crippen LogP contribution in [0.15, 0.2) is 39.7 Å². The fourth-order valence-corrected chi connectivity index (χ4v) is 3.43. The van der Waals surface area contributed by atoms with Crippen molar-refractivity contribution in [3.63, 3.8) is 0 Å². The number of anilines is 1. The van der Waals surface area contributed by atoms with Crippen molar-refractivity contribution in [1.29, 1.82) is 0 Å². The van der Waals surface area contributed by atoms with Crippen LogP contribution < -0.4 is 10.2 Å². The quantitative estimate of drug-likeness (QED) is 0.611. The maximum atomic E-state index is 12.7. The molecular weight excluding hydrogens is 392 g/mol. The lowest BCUT2D eigenvalue weighted by molar-refractivity contribution is -0.122. The first-order chi connectivity index (χ1) is 11.4. The van der Waals surface area contributed by atoms with Crippen LogP contribution in [0.25, 0.3) is 6.08 Å². The number of rotatable bonds is 2. The maximum Gasteiger partial charge on any atom is 0.335 e. The summed E-state index contributed by atoms with van der Waals surface area (Å²) in [4.78, 5) is 38.8. The van der Waals surface area contributed by atoms with Gasteiger partial charge in [-0.15, -0.1) is 11.3 Å². The van der Waals surface area contributed by atoms with Crippen molar-refractivity contribution in [1.82, 2.24) is 5.32 Å². The number of amides is 4. The number of urea groups is 1. The number of hydrogen-bond donors (Lipinski definition) is 1. The van der Waals surface area contributed by atoms with Gasteiger partial charge in [-0.3, -0.25) is 14.9 Å². The molecule has 1 aliphatic heterocycles. The third-order valence-corrected chi connectivity index (χ3v) is 5.53. The number of hydrogen-bond acceptors (Lipinski definition) is 4. The highest BCUT2D eigenvalue weighted by molar-refractivity contribution is 9.10. The zero-order valence-corrected chi connectivity index (χ0v) is 15.3. The predicted molar refractivity (Wildman–Crippen MR) is 96.9 cm³/mol. The second-order valence-electron chi connectivity index (χ2n) is 5.36. The second-order valence-corrected chi connectivity index (χ2v) is 7.16. The summed E-state index contributed by atoms with van der Waals surface area (Å²) in [5, 5.41) is 4.11. The first-order valence-corrected chi connectivity index (χ1v) is 8.77. The zero-order chi connectivity index (χ0) is 17.4. The van der Waals surface area contributed by atoms with Crippen LogP contribution >= 0.6 is 27.3 Å². The summed E-state index contributed by atoms with van der Waals surface area (Å²) in [7, 11) is 0. The highest BCUT2D eigenvalue weighted by Gasteiger charge is 2.37. The van der Waals surface area contributed by atoms with E-state index in [0.29, 0.717) is 5.69 Å². The van der Waals surface area contributed by atoms with E-state index in [9.17, 15) is 14.4 Å². The van der Waals surface area contributed by atoms with Crippen molar-refractivity contribution in [2.75, 3.05) is 4.90 Å². The van der Waals surface area contributed by atoms with Gasteiger partial charge in [0.1, 0.15) is 5.57 Å². The van der Waals surface area contributed by atoms with Gasteiger partial charge in [0, 0.05) is 9.35 Å². The molecule has 1 aromatic heterocycles. The molecule has 0 spiro atoms. The lowest BCUT2D eigenvalue weighted by atomic mass is 10.1. The average molecular weight is 405 g/mol. The molecule has 1 N–H and O–H groups in total. The Labute approximate surface area is 151 Å². The minimum Gasteiger partial charge on any atom is -0.273 e. The number of imide groups is 2. The summed E-state index contributed by atoms with van der Waals surface area (Å²) < 4.78 is 0.872. The van der Waals surface area contributed by atoms with Crippen molar-refractivity contribution in [2.45, 2.75) is 13.8 Å². The molecular formula is C17H13BrN2O3S. The van der Waals surface area contributed by atoms with Crippen molar-refractivity contribution in [3.05, 3.63) is 55.7 Å². The summed E-state index contributed by atoms with van der Waals surface area (Å²) in [6.45, 7) is 3.76. The van der Waals surface area contributed by atoms with Gasteiger partial charge in [-0.05, 0) is 60.7 Å². The van der Waals surface area contributed by atoms with Gasteiger partial charge < -0.3 is 0 Å². The molecule has 7 heteroatoms. The van der Waals surface area contributed by atoms with Crippen molar-refractivity contribution < 1.29 is 14.4 Å². The largest absolute Gasteiger partial charge is 0.335 e. The Bertz CT molecular complexity index is 901. The Hall–Kier alpha value is -2.25. The number of nitrogens with zero attached hydrogens (tertiary/aromatic N) is 1. The number of barbiturate groups is 1. The summed E-state index contributed by atoms with van der Waals surface area (Å²) in [5.41, 5.74) is 2.21. The van der Waals surface area contributed by atoms with Gasteiger partial charge in [-0.25, -0.2) is 9.69 Å². The molecule has 1 fully saturated rings. The molecule has 0 unspecified atom stereocenters. The van der Waals surface area contributed by atoms with Crippen LogP contribution in [0.5, 0.6) is 0 Å². The minimum absolute atomic E-state index is 0.0549. The lowest BCUT2D eigenvalue weighted by Gasteiger charge is -2.26. The number of benzene rings is 1. The van der Waals surface area contributed by atoms with Crippen molar-refractivity contribution in [2.24, 2.45) is 0 Å². The number of nitrogens with one attached hydrogen (secondary N) is 1. The molecule has 3 rings (SSSR count). The van der Waals surface area contributed by atoms with Crippen LogP contribution in [0.4, 0.5) is 10.5 Å². The van der Waals surface area contributed by atoms with E-state index < -0.39 is 17.8 Å². The SMILES string of the molecule is Cc1cc(N2C(=O)NC(=O)/C(=C/c3sccc3C)C2=O)ccc1Br. The van der Waals surface area contributed by atoms with Gasteiger partial charge in [0.05, 0.1) is 5.69 Å². The number of halogens is 1. The van der Waals surface area contributed by atoms with Gasteiger partial charge in [-0.1, -0.05) is 15.9 Å². The Morgan fingerprint density at radius 2 is 1.88 bits per heavy atom. The molecule has 24 heavy (non-hydrogen) atoms. The minimum atomic E-state index is -0.744. The Kier molecular flexibility index (Phi) is 4.38. The van der Waals surface area contributed by atoms with Gasteiger partial charge in [-0.2, -0.15) is 0 Å². The Morgan fingerprint density at radius 1 is 1.12 bits per heavy atom. The molecule has 5 nitrogen and oxygen atoms in total. The summed E-state index contributed by atoms with van der Waals surface area (Å²) in [6.07, 6.45) is 1.53. The number of carbonyl (C=O) groups is 3. The fraction of sp³-hybridized carbons (Fsp3) is 0.118. The number of thiophene rings is 1. The molecule has 1 aliphatic rings. The smallest absolute Gasteiger partial charge is 0.273 e. The monoisotopic (exact) mass is 404 g/mol. The summed E-state index contributed by atoms with van der Waals surface area (Å²) >= 11 is 4.82. The van der Waals surface area contributed by atoms with Crippen molar-refractivity contribution in [3.8, 4) is 0 Å². The van der Waals surface area contributed by atoms with Crippen LogP contribution in [0.3, 0.4) is 0 Å². The van der Waals surface area contributed by atoms with E-state index in [1.54, 1.807) is 18.2 Å². The molecule has 2 heterocycles. The van der Waals surface area contributed by atoms with Gasteiger partial charge in [0.2, 0.25) is 0 Å². The molecule has 0 bridgehead atoms. The molecule has 0 aliphatic carbocycles. The first-order valence-electron chi connectivity index (χ1n) is 7.10. The van der Waals surface area contributed by atoms with E-state index in [1.165, 1.54) is 17.4 Å². The number of carbonyl (C=O) groups excluding carboxylic acids is 3. The highest BCUT2D eigenvalue weighted by atomic mass is 79.9. The summed E-state index contributed by atoms with van der Waals surface area (Å²) in [5.74, 6) is -1.30. The van der Waals surface area contributed by atoms with Crippen LogP contribution in [0, 0.1) is 13.8 Å². The molecule has 1 saturated heterocycles. The molecule has 0 saturated carbocycles. The van der Waals surface area contributed by atoms with E-state index in [0.717, 1.165) is 25.4 Å².